The molecular formula is C44H47N4O+. The number of hydrogen-bond acceptors (Lipinski definition) is 3. The molecule has 5 nitrogen and oxygen atoms in total. The van der Waals surface area contributed by atoms with E-state index in [0.29, 0.717) is 11.8 Å². The summed E-state index contributed by atoms with van der Waals surface area (Å²) in [6.07, 6.45) is 13.2. The second kappa shape index (κ2) is 12.1. The minimum absolute atomic E-state index is 0.120. The van der Waals surface area contributed by atoms with Gasteiger partial charge < -0.3 is 14.2 Å². The van der Waals surface area contributed by atoms with Crippen molar-refractivity contribution in [1.82, 2.24) is 9.47 Å². The van der Waals surface area contributed by atoms with Crippen LogP contribution in [0.15, 0.2) is 121 Å². The summed E-state index contributed by atoms with van der Waals surface area (Å²) in [6.45, 7) is 15.9. The van der Waals surface area contributed by atoms with Crippen molar-refractivity contribution in [2.24, 2.45) is 0 Å². The van der Waals surface area contributed by atoms with Gasteiger partial charge in [-0.1, -0.05) is 101 Å². The molecule has 4 aromatic carbocycles. The summed E-state index contributed by atoms with van der Waals surface area (Å²) in [7, 11) is 2.14. The van der Waals surface area contributed by atoms with Crippen LogP contribution in [-0.2, 0) is 6.42 Å². The lowest BCUT2D eigenvalue weighted by molar-refractivity contribution is -0.706. The number of furan rings is 1. The number of aryl methyl sites for hydroxylation is 1. The molecule has 3 atom stereocenters. The molecule has 248 valence electrons. The molecule has 0 radical (unpaired) electrons. The van der Waals surface area contributed by atoms with Crippen molar-refractivity contribution in [3.63, 3.8) is 0 Å². The van der Waals surface area contributed by atoms with Gasteiger partial charge in [-0.2, -0.15) is 4.57 Å². The van der Waals surface area contributed by atoms with Crippen molar-refractivity contribution in [3.8, 4) is 17.1 Å². The Morgan fingerprint density at radius 1 is 0.837 bits per heavy atom. The zero-order valence-electron chi connectivity index (χ0n) is 29.6. The number of nitrogens with zero attached hydrogens (tertiary/aromatic N) is 4. The van der Waals surface area contributed by atoms with E-state index in [0.717, 1.165) is 29.4 Å². The smallest absolute Gasteiger partial charge is 0.294 e. The minimum atomic E-state index is 0.120. The van der Waals surface area contributed by atoms with Crippen LogP contribution in [0.5, 0.6) is 0 Å². The monoisotopic (exact) mass is 647 g/mol. The SMILES string of the molecule is C=CC1C(CCc2ccc3c(oc4ccccc43)c2N2C=CN(C)C2C)c2ccccc2-c2n(-c3c(C(C)C)cccc3C(C)C)cc[n+]21. The summed E-state index contributed by atoms with van der Waals surface area (Å²) < 4.78 is 11.6. The van der Waals surface area contributed by atoms with E-state index in [9.17, 15) is 0 Å². The molecule has 0 saturated carbocycles. The number of para-hydroxylation sites is 2. The molecule has 0 aliphatic carbocycles. The van der Waals surface area contributed by atoms with Crippen LogP contribution in [0.25, 0.3) is 39.0 Å². The maximum Gasteiger partial charge on any atom is 0.294 e. The molecule has 2 aliphatic heterocycles. The molecule has 5 heteroatoms. The molecule has 0 fully saturated rings. The van der Waals surface area contributed by atoms with Gasteiger partial charge in [0.15, 0.2) is 5.58 Å². The van der Waals surface area contributed by atoms with Gasteiger partial charge in [0.25, 0.3) is 5.82 Å². The summed E-state index contributed by atoms with van der Waals surface area (Å²) >= 11 is 0. The molecule has 4 heterocycles. The quantitative estimate of drug-likeness (QED) is 0.122. The number of aromatic nitrogens is 2. The summed E-state index contributed by atoms with van der Waals surface area (Å²) in [6, 6.07) is 29.0. The molecule has 0 N–H and O–H groups in total. The van der Waals surface area contributed by atoms with Crippen LogP contribution in [0.3, 0.4) is 0 Å². The third-order valence-electron chi connectivity index (χ3n) is 11.1. The molecule has 2 aromatic heterocycles. The Hall–Kier alpha value is -5.03. The van der Waals surface area contributed by atoms with Gasteiger partial charge in [-0.25, -0.2) is 4.57 Å². The fourth-order valence-electron chi connectivity index (χ4n) is 8.38. The predicted molar refractivity (Wildman–Crippen MR) is 202 cm³/mol. The molecule has 2 aliphatic rings. The van der Waals surface area contributed by atoms with E-state index in [2.05, 4.69) is 177 Å². The Balaban J connectivity index is 1.23. The minimum Gasteiger partial charge on any atom is -0.454 e. The molecule has 0 spiro atoms. The Kier molecular flexibility index (Phi) is 7.74. The summed E-state index contributed by atoms with van der Waals surface area (Å²) in [5, 5.41) is 2.33. The number of allylic oxidation sites excluding steroid dienone is 1. The first-order valence-electron chi connectivity index (χ1n) is 17.9. The van der Waals surface area contributed by atoms with Crippen molar-refractivity contribution in [2.45, 2.75) is 77.4 Å². The van der Waals surface area contributed by atoms with Crippen LogP contribution in [-0.4, -0.2) is 22.7 Å². The fourth-order valence-corrected chi connectivity index (χ4v) is 8.38. The topological polar surface area (TPSA) is 28.4 Å². The Bertz CT molecular complexity index is 2210. The van der Waals surface area contributed by atoms with Crippen molar-refractivity contribution in [3.05, 3.63) is 139 Å². The second-order valence-corrected chi connectivity index (χ2v) is 14.5. The van der Waals surface area contributed by atoms with Crippen LogP contribution < -0.4 is 9.47 Å². The number of fused-ring (bicyclic) bond motifs is 6. The highest BCUT2D eigenvalue weighted by Crippen LogP contribution is 2.45. The van der Waals surface area contributed by atoms with Crippen LogP contribution in [0.2, 0.25) is 0 Å². The first-order chi connectivity index (χ1) is 23.8. The average Bonchev–Trinajstić information content (AvgIpc) is 3.81. The zero-order chi connectivity index (χ0) is 34.0. The second-order valence-electron chi connectivity index (χ2n) is 14.5. The van der Waals surface area contributed by atoms with Gasteiger partial charge in [-0.15, -0.1) is 0 Å². The maximum atomic E-state index is 6.64. The van der Waals surface area contributed by atoms with Gasteiger partial charge in [0.1, 0.15) is 35.9 Å². The maximum absolute atomic E-state index is 6.64. The molecular weight excluding hydrogens is 601 g/mol. The lowest BCUT2D eigenvalue weighted by Crippen LogP contribution is -2.45. The van der Waals surface area contributed by atoms with E-state index >= 15 is 0 Å². The third-order valence-corrected chi connectivity index (χ3v) is 11.1. The molecule has 0 bridgehead atoms. The van der Waals surface area contributed by atoms with Crippen LogP contribution in [0.4, 0.5) is 5.69 Å². The first kappa shape index (κ1) is 31.3. The molecule has 49 heavy (non-hydrogen) atoms. The first-order valence-corrected chi connectivity index (χ1v) is 17.9. The molecule has 0 saturated heterocycles. The molecule has 6 aromatic rings. The average molecular weight is 648 g/mol. The van der Waals surface area contributed by atoms with E-state index in [1.807, 2.05) is 0 Å². The highest BCUT2D eigenvalue weighted by Gasteiger charge is 2.40. The largest absolute Gasteiger partial charge is 0.454 e. The summed E-state index contributed by atoms with van der Waals surface area (Å²) in [5.41, 5.74) is 11.1. The number of anilines is 1. The van der Waals surface area contributed by atoms with Gasteiger partial charge in [-0.3, -0.25) is 0 Å². The summed E-state index contributed by atoms with van der Waals surface area (Å²) in [4.78, 5) is 4.63. The van der Waals surface area contributed by atoms with Gasteiger partial charge in [0.05, 0.1) is 11.3 Å². The van der Waals surface area contributed by atoms with E-state index in [1.165, 1.54) is 50.4 Å². The normalized spacial score (nSPS) is 18.7. The van der Waals surface area contributed by atoms with Gasteiger partial charge in [0, 0.05) is 47.3 Å². The highest BCUT2D eigenvalue weighted by molar-refractivity contribution is 6.09. The highest BCUT2D eigenvalue weighted by atomic mass is 16.3. The molecule has 3 unspecified atom stereocenters. The van der Waals surface area contributed by atoms with E-state index in [4.69, 9.17) is 4.42 Å². The Labute approximate surface area is 290 Å². The van der Waals surface area contributed by atoms with E-state index in [1.54, 1.807) is 0 Å². The van der Waals surface area contributed by atoms with Gasteiger partial charge in [0.2, 0.25) is 0 Å². The number of benzene rings is 4. The van der Waals surface area contributed by atoms with Gasteiger partial charge in [-0.05, 0) is 60.9 Å². The van der Waals surface area contributed by atoms with Crippen molar-refractivity contribution in [1.29, 1.82) is 0 Å². The predicted octanol–water partition coefficient (Wildman–Crippen LogP) is 10.6. The molecule has 0 amide bonds. The standard InChI is InChI=1S/C44H47N4O/c1-8-39-35(22-20-31-21-23-37-36-15-11-12-19-40(36)49-43(37)41(31)46-25-24-45(7)30(46)6)34-14-9-10-16-38(34)44-47(39)26-27-48(44)42-32(28(2)3)17-13-18-33(42)29(4)5/h8-19,21,23-30,35,39H,1,20,22H2,2-7H3/q+1. The summed E-state index contributed by atoms with van der Waals surface area (Å²) in [5.74, 6) is 2.31. The molecule has 8 rings (SSSR count). The lowest BCUT2D eigenvalue weighted by atomic mass is 9.80. The number of rotatable bonds is 8. The fraction of sp³-hybridized carbons (Fsp3) is 0.295. The Morgan fingerprint density at radius 3 is 2.29 bits per heavy atom. The van der Waals surface area contributed by atoms with Gasteiger partial charge >= 0.3 is 0 Å². The van der Waals surface area contributed by atoms with Crippen molar-refractivity contribution >= 4 is 27.6 Å². The van der Waals surface area contributed by atoms with Crippen molar-refractivity contribution in [2.75, 3.05) is 11.9 Å². The zero-order valence-corrected chi connectivity index (χ0v) is 29.6. The number of hydrogen-bond donors (Lipinski definition) is 0. The van der Waals surface area contributed by atoms with Crippen LogP contribution >= 0.6 is 0 Å². The van der Waals surface area contributed by atoms with E-state index in [-0.39, 0.29) is 18.1 Å². The van der Waals surface area contributed by atoms with E-state index < -0.39 is 0 Å². The Morgan fingerprint density at radius 2 is 1.57 bits per heavy atom. The van der Waals surface area contributed by atoms with Crippen LogP contribution in [0, 0.1) is 0 Å². The van der Waals surface area contributed by atoms with Crippen LogP contribution in [0.1, 0.15) is 87.1 Å². The lowest BCUT2D eigenvalue weighted by Gasteiger charge is -2.31. The number of imidazole rings is 1. The van der Waals surface area contributed by atoms with Crippen molar-refractivity contribution < 1.29 is 8.98 Å². The third kappa shape index (κ3) is 4.93.